The molecule has 1 aromatic rings. The van der Waals surface area contributed by atoms with Crippen LogP contribution in [0.25, 0.3) is 0 Å². The van der Waals surface area contributed by atoms with Gasteiger partial charge in [0, 0.05) is 12.6 Å². The second-order valence-corrected chi connectivity index (χ2v) is 10.9. The van der Waals surface area contributed by atoms with Gasteiger partial charge in [0.2, 0.25) is 5.91 Å². The van der Waals surface area contributed by atoms with Crippen LogP contribution in [0.3, 0.4) is 0 Å². The summed E-state index contributed by atoms with van der Waals surface area (Å²) >= 11 is 0. The molecule has 1 saturated carbocycles. The summed E-state index contributed by atoms with van der Waals surface area (Å²) in [5.74, 6) is -0.885. The molecule has 4 rings (SSSR count). The number of carbonyl (C=O) groups excluding carboxylic acids is 2. The second-order valence-electron chi connectivity index (χ2n) is 9.05. The molecule has 140 valence electrons. The SMILES string of the molecule is CC1(C)C[C@H]2C[C@@](C)(CN2C(=O)CN2C(=O)c3ccccc3S2(=O)=O)C1. The van der Waals surface area contributed by atoms with E-state index in [2.05, 4.69) is 20.8 Å². The van der Waals surface area contributed by atoms with Gasteiger partial charge in [0.25, 0.3) is 15.9 Å². The van der Waals surface area contributed by atoms with Gasteiger partial charge in [0.1, 0.15) is 11.4 Å². The number of rotatable bonds is 2. The van der Waals surface area contributed by atoms with Crippen LogP contribution >= 0.6 is 0 Å². The fourth-order valence-electron chi connectivity index (χ4n) is 5.35. The second kappa shape index (κ2) is 5.31. The molecule has 0 radical (unpaired) electrons. The minimum atomic E-state index is -3.94. The molecular weight excluding hydrogens is 352 g/mol. The number of sulfonamides is 1. The average molecular weight is 376 g/mol. The van der Waals surface area contributed by atoms with Gasteiger partial charge in [-0.15, -0.1) is 0 Å². The predicted octanol–water partition coefficient (Wildman–Crippen LogP) is 2.26. The van der Waals surface area contributed by atoms with Gasteiger partial charge in [-0.05, 0) is 42.2 Å². The van der Waals surface area contributed by atoms with E-state index < -0.39 is 22.5 Å². The van der Waals surface area contributed by atoms with Crippen molar-refractivity contribution in [3.63, 3.8) is 0 Å². The third-order valence-corrected chi connectivity index (χ3v) is 7.71. The molecule has 2 aliphatic heterocycles. The molecule has 3 aliphatic rings. The number of nitrogens with zero attached hydrogens (tertiary/aromatic N) is 2. The summed E-state index contributed by atoms with van der Waals surface area (Å²) in [4.78, 5) is 27.3. The van der Waals surface area contributed by atoms with Gasteiger partial charge in [-0.1, -0.05) is 32.9 Å². The molecule has 0 unspecified atom stereocenters. The first kappa shape index (κ1) is 17.5. The topological polar surface area (TPSA) is 74.8 Å². The van der Waals surface area contributed by atoms with Crippen LogP contribution < -0.4 is 0 Å². The van der Waals surface area contributed by atoms with Crippen LogP contribution in [0, 0.1) is 10.8 Å². The molecule has 0 aromatic heterocycles. The molecule has 2 heterocycles. The Hall–Kier alpha value is -1.89. The van der Waals surface area contributed by atoms with E-state index in [9.17, 15) is 18.0 Å². The zero-order chi connectivity index (χ0) is 18.9. The number of carbonyl (C=O) groups is 2. The normalized spacial score (nSPS) is 31.2. The first-order valence-electron chi connectivity index (χ1n) is 8.98. The minimum absolute atomic E-state index is 0.00828. The van der Waals surface area contributed by atoms with Gasteiger partial charge in [-0.2, -0.15) is 0 Å². The Morgan fingerprint density at radius 2 is 1.88 bits per heavy atom. The quantitative estimate of drug-likeness (QED) is 0.793. The lowest BCUT2D eigenvalue weighted by molar-refractivity contribution is -0.132. The average Bonchev–Trinajstić information content (AvgIpc) is 2.89. The number of likely N-dealkylation sites (tertiary alicyclic amines) is 1. The lowest BCUT2D eigenvalue weighted by Crippen LogP contribution is -2.45. The molecule has 2 atom stereocenters. The lowest BCUT2D eigenvalue weighted by Gasteiger charge is -2.39. The van der Waals surface area contributed by atoms with E-state index >= 15 is 0 Å². The van der Waals surface area contributed by atoms with Crippen LogP contribution in [0.1, 0.15) is 50.4 Å². The number of hydrogen-bond donors (Lipinski definition) is 0. The highest BCUT2D eigenvalue weighted by Gasteiger charge is 2.52. The highest BCUT2D eigenvalue weighted by atomic mass is 32.2. The predicted molar refractivity (Wildman–Crippen MR) is 95.9 cm³/mol. The lowest BCUT2D eigenvalue weighted by atomic mass is 9.65. The molecule has 6 nitrogen and oxygen atoms in total. The highest BCUT2D eigenvalue weighted by Crippen LogP contribution is 2.52. The van der Waals surface area contributed by atoms with Crippen LogP contribution in [0.4, 0.5) is 0 Å². The largest absolute Gasteiger partial charge is 0.338 e. The van der Waals surface area contributed by atoms with Gasteiger partial charge in [-0.25, -0.2) is 12.7 Å². The van der Waals surface area contributed by atoms with Crippen molar-refractivity contribution < 1.29 is 18.0 Å². The number of benzene rings is 1. The summed E-state index contributed by atoms with van der Waals surface area (Å²) in [7, 11) is -3.94. The van der Waals surface area contributed by atoms with E-state index in [1.165, 1.54) is 12.1 Å². The van der Waals surface area contributed by atoms with Crippen molar-refractivity contribution in [1.29, 1.82) is 0 Å². The van der Waals surface area contributed by atoms with Crippen molar-refractivity contribution in [2.45, 2.75) is 51.0 Å². The molecule has 7 heteroatoms. The van der Waals surface area contributed by atoms with Gasteiger partial charge in [0.05, 0.1) is 5.56 Å². The Kier molecular flexibility index (Phi) is 3.58. The molecular formula is C19H24N2O4S. The Labute approximate surface area is 154 Å². The van der Waals surface area contributed by atoms with Gasteiger partial charge in [-0.3, -0.25) is 9.59 Å². The van der Waals surface area contributed by atoms with E-state index in [0.29, 0.717) is 6.54 Å². The molecule has 0 spiro atoms. The zero-order valence-electron chi connectivity index (χ0n) is 15.4. The summed E-state index contributed by atoms with van der Waals surface area (Å²) in [6, 6.07) is 6.25. The van der Waals surface area contributed by atoms with Crippen molar-refractivity contribution >= 4 is 21.8 Å². The van der Waals surface area contributed by atoms with E-state index in [0.717, 1.165) is 23.6 Å². The van der Waals surface area contributed by atoms with Crippen molar-refractivity contribution in [3.05, 3.63) is 29.8 Å². The van der Waals surface area contributed by atoms with Gasteiger partial charge < -0.3 is 4.90 Å². The summed E-state index contributed by atoms with van der Waals surface area (Å²) < 4.78 is 26.1. The van der Waals surface area contributed by atoms with Crippen LogP contribution in [-0.4, -0.2) is 48.6 Å². The number of hydrogen-bond acceptors (Lipinski definition) is 4. The first-order chi connectivity index (χ1) is 12.0. The molecule has 2 fully saturated rings. The Morgan fingerprint density at radius 1 is 1.19 bits per heavy atom. The summed E-state index contributed by atoms with van der Waals surface area (Å²) in [6.07, 6.45) is 2.91. The molecule has 1 aliphatic carbocycles. The number of fused-ring (bicyclic) bond motifs is 3. The van der Waals surface area contributed by atoms with E-state index in [1.54, 1.807) is 17.0 Å². The Morgan fingerprint density at radius 3 is 2.58 bits per heavy atom. The number of amides is 2. The first-order valence-corrected chi connectivity index (χ1v) is 10.4. The standard InChI is InChI=1S/C19H24N2O4S/c1-18(2)8-13-9-19(3,11-18)12-20(13)16(22)10-21-17(23)14-6-4-5-7-15(14)26(21,24)25/h4-7,13H,8-12H2,1-3H3/t13-,19+/m0/s1. The van der Waals surface area contributed by atoms with Crippen LogP contribution in [0.15, 0.2) is 29.2 Å². The Balaban J connectivity index is 1.58. The highest BCUT2D eigenvalue weighted by molar-refractivity contribution is 7.90. The maximum Gasteiger partial charge on any atom is 0.269 e. The fourth-order valence-corrected chi connectivity index (χ4v) is 6.87. The maximum absolute atomic E-state index is 12.9. The van der Waals surface area contributed by atoms with Gasteiger partial charge >= 0.3 is 0 Å². The van der Waals surface area contributed by atoms with Crippen LogP contribution in [0.2, 0.25) is 0 Å². The molecule has 2 bridgehead atoms. The van der Waals surface area contributed by atoms with E-state index in [-0.39, 0.29) is 33.2 Å². The van der Waals surface area contributed by atoms with E-state index in [4.69, 9.17) is 0 Å². The molecule has 0 N–H and O–H groups in total. The maximum atomic E-state index is 12.9. The third kappa shape index (κ3) is 2.55. The molecule has 1 aromatic carbocycles. The van der Waals surface area contributed by atoms with Crippen molar-refractivity contribution in [1.82, 2.24) is 9.21 Å². The molecule has 1 saturated heterocycles. The zero-order valence-corrected chi connectivity index (χ0v) is 16.2. The summed E-state index contributed by atoms with van der Waals surface area (Å²) in [5, 5.41) is 0. The van der Waals surface area contributed by atoms with Crippen molar-refractivity contribution in [3.8, 4) is 0 Å². The van der Waals surface area contributed by atoms with Crippen molar-refractivity contribution in [2.24, 2.45) is 10.8 Å². The molecule has 26 heavy (non-hydrogen) atoms. The minimum Gasteiger partial charge on any atom is -0.338 e. The monoisotopic (exact) mass is 376 g/mol. The van der Waals surface area contributed by atoms with Crippen LogP contribution in [-0.2, 0) is 14.8 Å². The van der Waals surface area contributed by atoms with Gasteiger partial charge in [0.15, 0.2) is 0 Å². The van der Waals surface area contributed by atoms with E-state index in [1.807, 2.05) is 0 Å². The summed E-state index contributed by atoms with van der Waals surface area (Å²) in [5.41, 5.74) is 0.380. The third-order valence-electron chi connectivity index (χ3n) is 5.93. The fraction of sp³-hybridized carbons (Fsp3) is 0.579. The Bertz CT molecular complexity index is 908. The molecule has 2 amide bonds. The van der Waals surface area contributed by atoms with Crippen molar-refractivity contribution in [2.75, 3.05) is 13.1 Å². The summed E-state index contributed by atoms with van der Waals surface area (Å²) in [6.45, 7) is 6.85. The van der Waals surface area contributed by atoms with Crippen LogP contribution in [0.5, 0.6) is 0 Å². The smallest absolute Gasteiger partial charge is 0.269 e.